The molecule has 0 saturated carbocycles. The topological polar surface area (TPSA) is 68.8 Å². The van der Waals surface area contributed by atoms with Crippen molar-refractivity contribution in [3.05, 3.63) is 29.8 Å². The molecule has 15 heavy (non-hydrogen) atoms. The molecule has 0 aliphatic rings. The van der Waals surface area contributed by atoms with Gasteiger partial charge in [-0.05, 0) is 6.07 Å². The highest BCUT2D eigenvalue weighted by molar-refractivity contribution is 6.32. The van der Waals surface area contributed by atoms with Crippen LogP contribution in [0.15, 0.2) is 24.7 Å². The molecule has 78 valence electrons. The van der Waals surface area contributed by atoms with Crippen LogP contribution in [0.5, 0.6) is 0 Å². The third-order valence-electron chi connectivity index (χ3n) is 1.93. The lowest BCUT2D eigenvalue weighted by Crippen LogP contribution is -1.97. The number of aryl methyl sites for hydroxylation is 1. The number of nitrogens with two attached hydrogens (primary N) is 1. The van der Waals surface area contributed by atoms with Crippen LogP contribution in [0.2, 0.25) is 5.15 Å². The molecule has 0 amide bonds. The van der Waals surface area contributed by atoms with E-state index < -0.39 is 0 Å². The van der Waals surface area contributed by atoms with Crippen molar-refractivity contribution in [2.75, 3.05) is 11.1 Å². The first-order chi connectivity index (χ1) is 7.16. The molecule has 0 unspecified atom stereocenters. The van der Waals surface area contributed by atoms with E-state index in [0.717, 1.165) is 11.4 Å². The summed E-state index contributed by atoms with van der Waals surface area (Å²) in [6.07, 6.45) is 5.14. The van der Waals surface area contributed by atoms with Crippen molar-refractivity contribution in [3.63, 3.8) is 0 Å². The second kappa shape index (κ2) is 3.78. The van der Waals surface area contributed by atoms with Gasteiger partial charge in [0.25, 0.3) is 0 Å². The third kappa shape index (κ3) is 2.02. The zero-order valence-corrected chi connectivity index (χ0v) is 8.86. The minimum absolute atomic E-state index is 0.295. The van der Waals surface area contributed by atoms with Gasteiger partial charge >= 0.3 is 0 Å². The molecule has 0 atom stereocenters. The van der Waals surface area contributed by atoms with Crippen LogP contribution < -0.4 is 11.1 Å². The number of aromatic nitrogens is 3. The van der Waals surface area contributed by atoms with E-state index in [-0.39, 0.29) is 0 Å². The van der Waals surface area contributed by atoms with Crippen molar-refractivity contribution in [3.8, 4) is 0 Å². The molecule has 6 heteroatoms. The molecule has 2 rings (SSSR count). The summed E-state index contributed by atoms with van der Waals surface area (Å²) in [5.41, 5.74) is 7.76. The third-order valence-corrected chi connectivity index (χ3v) is 2.23. The molecule has 2 aromatic rings. The Kier molecular flexibility index (Phi) is 2.47. The van der Waals surface area contributed by atoms with Gasteiger partial charge in [-0.15, -0.1) is 0 Å². The van der Waals surface area contributed by atoms with Crippen LogP contribution in [0.4, 0.5) is 17.1 Å². The van der Waals surface area contributed by atoms with Crippen LogP contribution in [0.25, 0.3) is 0 Å². The first-order valence-corrected chi connectivity index (χ1v) is 4.70. The molecule has 3 N–H and O–H groups in total. The van der Waals surface area contributed by atoms with E-state index >= 15 is 0 Å². The Labute approximate surface area is 91.9 Å². The summed E-state index contributed by atoms with van der Waals surface area (Å²) in [4.78, 5) is 3.87. The van der Waals surface area contributed by atoms with Crippen molar-refractivity contribution in [1.29, 1.82) is 0 Å². The zero-order valence-electron chi connectivity index (χ0n) is 8.11. The average molecular weight is 224 g/mol. The number of pyridine rings is 1. The Morgan fingerprint density at radius 3 is 3.00 bits per heavy atom. The van der Waals surface area contributed by atoms with Gasteiger partial charge in [0.1, 0.15) is 0 Å². The Morgan fingerprint density at radius 1 is 1.53 bits per heavy atom. The van der Waals surface area contributed by atoms with Gasteiger partial charge in [-0.1, -0.05) is 11.6 Å². The predicted molar refractivity (Wildman–Crippen MR) is 60.2 cm³/mol. The second-order valence-corrected chi connectivity index (χ2v) is 3.45. The Bertz CT molecular complexity index is 479. The van der Waals surface area contributed by atoms with Crippen molar-refractivity contribution in [2.45, 2.75) is 0 Å². The predicted octanol–water partition coefficient (Wildman–Crippen LogP) is 1.79. The lowest BCUT2D eigenvalue weighted by Gasteiger charge is -2.07. The summed E-state index contributed by atoms with van der Waals surface area (Å²) >= 11 is 5.79. The molecule has 0 bridgehead atoms. The summed E-state index contributed by atoms with van der Waals surface area (Å²) in [6.45, 7) is 0. The SMILES string of the molecule is Cn1cc(Nc2ccnc(Cl)c2N)cn1. The van der Waals surface area contributed by atoms with Gasteiger partial charge < -0.3 is 11.1 Å². The molecule has 2 heterocycles. The van der Waals surface area contributed by atoms with E-state index in [4.69, 9.17) is 17.3 Å². The molecule has 0 spiro atoms. The van der Waals surface area contributed by atoms with Gasteiger partial charge in [0.15, 0.2) is 5.15 Å². The Hall–Kier alpha value is -1.75. The van der Waals surface area contributed by atoms with Crippen LogP contribution in [-0.4, -0.2) is 14.8 Å². The number of anilines is 3. The van der Waals surface area contributed by atoms with Gasteiger partial charge in [-0.2, -0.15) is 5.10 Å². The highest BCUT2D eigenvalue weighted by Gasteiger charge is 2.04. The maximum atomic E-state index is 5.79. The van der Waals surface area contributed by atoms with Gasteiger partial charge in [-0.3, -0.25) is 4.68 Å². The lowest BCUT2D eigenvalue weighted by molar-refractivity contribution is 0.768. The number of nitrogens with zero attached hydrogens (tertiary/aromatic N) is 3. The van der Waals surface area contributed by atoms with Crippen molar-refractivity contribution in [2.24, 2.45) is 7.05 Å². The van der Waals surface area contributed by atoms with Crippen LogP contribution in [-0.2, 0) is 7.05 Å². The van der Waals surface area contributed by atoms with E-state index in [2.05, 4.69) is 15.4 Å². The van der Waals surface area contributed by atoms with Gasteiger partial charge in [0.05, 0.1) is 23.3 Å². The number of hydrogen-bond acceptors (Lipinski definition) is 4. The smallest absolute Gasteiger partial charge is 0.154 e. The molecular weight excluding hydrogens is 214 g/mol. The highest BCUT2D eigenvalue weighted by atomic mass is 35.5. The number of halogens is 1. The quantitative estimate of drug-likeness (QED) is 0.762. The average Bonchev–Trinajstić information content (AvgIpc) is 2.59. The van der Waals surface area contributed by atoms with Crippen molar-refractivity contribution >= 4 is 28.7 Å². The van der Waals surface area contributed by atoms with E-state index in [1.165, 1.54) is 0 Å². The fraction of sp³-hybridized carbons (Fsp3) is 0.111. The van der Waals surface area contributed by atoms with Crippen molar-refractivity contribution in [1.82, 2.24) is 14.8 Å². The molecule has 0 aromatic carbocycles. The standard InChI is InChI=1S/C9H10ClN5/c1-15-5-6(4-13-15)14-7-2-3-12-9(10)8(7)11/h2-5H,11H2,1H3,(H,12,14). The molecule has 0 aliphatic heterocycles. The van der Waals surface area contributed by atoms with E-state index in [1.807, 2.05) is 13.2 Å². The molecule has 0 radical (unpaired) electrons. The molecule has 0 aliphatic carbocycles. The number of hydrogen-bond donors (Lipinski definition) is 2. The summed E-state index contributed by atoms with van der Waals surface area (Å²) in [7, 11) is 1.84. The fourth-order valence-corrected chi connectivity index (χ4v) is 1.36. The maximum absolute atomic E-state index is 5.79. The minimum Gasteiger partial charge on any atom is -0.395 e. The van der Waals surface area contributed by atoms with Crippen molar-refractivity contribution < 1.29 is 0 Å². The lowest BCUT2D eigenvalue weighted by atomic mass is 10.3. The summed E-state index contributed by atoms with van der Waals surface area (Å²) in [5, 5.41) is 7.43. The molecular formula is C9H10ClN5. The van der Waals surface area contributed by atoms with Gasteiger partial charge in [0.2, 0.25) is 0 Å². The van der Waals surface area contributed by atoms with Crippen LogP contribution in [0.1, 0.15) is 0 Å². The second-order valence-electron chi connectivity index (χ2n) is 3.09. The summed E-state index contributed by atoms with van der Waals surface area (Å²) in [5.74, 6) is 0. The van der Waals surface area contributed by atoms with Crippen LogP contribution in [0, 0.1) is 0 Å². The monoisotopic (exact) mass is 223 g/mol. The number of rotatable bonds is 2. The first-order valence-electron chi connectivity index (χ1n) is 4.32. The van der Waals surface area contributed by atoms with Crippen LogP contribution in [0.3, 0.4) is 0 Å². The zero-order chi connectivity index (χ0) is 10.8. The minimum atomic E-state index is 0.295. The molecule has 0 saturated heterocycles. The maximum Gasteiger partial charge on any atom is 0.154 e. The van der Waals surface area contributed by atoms with E-state index in [0.29, 0.717) is 10.8 Å². The molecule has 0 fully saturated rings. The Balaban J connectivity index is 2.28. The summed E-state index contributed by atoms with van der Waals surface area (Å²) in [6, 6.07) is 1.76. The largest absolute Gasteiger partial charge is 0.395 e. The Morgan fingerprint density at radius 2 is 2.33 bits per heavy atom. The number of nitrogen functional groups attached to an aromatic ring is 1. The molecule has 5 nitrogen and oxygen atoms in total. The van der Waals surface area contributed by atoms with E-state index in [9.17, 15) is 0 Å². The van der Waals surface area contributed by atoms with Crippen LogP contribution >= 0.6 is 11.6 Å². The van der Waals surface area contributed by atoms with E-state index in [1.54, 1.807) is 23.1 Å². The van der Waals surface area contributed by atoms with Gasteiger partial charge in [0, 0.05) is 19.4 Å². The number of nitrogens with one attached hydrogen (secondary N) is 1. The normalized spacial score (nSPS) is 10.3. The first kappa shape index (κ1) is 9.79. The highest BCUT2D eigenvalue weighted by Crippen LogP contribution is 2.27. The van der Waals surface area contributed by atoms with Gasteiger partial charge in [-0.25, -0.2) is 4.98 Å². The molecule has 2 aromatic heterocycles. The fourth-order valence-electron chi connectivity index (χ4n) is 1.20. The summed E-state index contributed by atoms with van der Waals surface area (Å²) < 4.78 is 1.70.